The highest BCUT2D eigenvalue weighted by molar-refractivity contribution is 7.07. The minimum absolute atomic E-state index is 0.438. The molecule has 0 radical (unpaired) electrons. The molecule has 1 atom stereocenters. The van der Waals surface area contributed by atoms with Crippen LogP contribution in [0.5, 0.6) is 0 Å². The van der Waals surface area contributed by atoms with Gasteiger partial charge in [0, 0.05) is 19.2 Å². The quantitative estimate of drug-likeness (QED) is 0.732. The van der Waals surface area contributed by atoms with Gasteiger partial charge in [0.2, 0.25) is 0 Å². The topological polar surface area (TPSA) is 70.1 Å². The van der Waals surface area contributed by atoms with Gasteiger partial charge in [-0.25, -0.2) is 9.97 Å². The van der Waals surface area contributed by atoms with E-state index in [1.54, 1.807) is 11.3 Å². The van der Waals surface area contributed by atoms with Crippen LogP contribution in [0.25, 0.3) is 0 Å². The number of aliphatic hydroxyl groups is 1. The minimum atomic E-state index is -0.524. The van der Waals surface area contributed by atoms with Crippen LogP contribution in [0.4, 0.5) is 11.6 Å². The number of hydrogen-bond donors (Lipinski definition) is 3. The van der Waals surface area contributed by atoms with Crippen molar-refractivity contribution >= 4 is 23.0 Å². The lowest BCUT2D eigenvalue weighted by molar-refractivity contribution is 0.192. The molecular formula is C14H20N4OS. The largest absolute Gasteiger partial charge is 0.387 e. The second kappa shape index (κ2) is 7.21. The van der Waals surface area contributed by atoms with E-state index in [-0.39, 0.29) is 0 Å². The third-order valence-electron chi connectivity index (χ3n) is 3.07. The van der Waals surface area contributed by atoms with Gasteiger partial charge in [-0.2, -0.15) is 11.3 Å². The zero-order chi connectivity index (χ0) is 14.4. The van der Waals surface area contributed by atoms with E-state index in [4.69, 9.17) is 0 Å². The smallest absolute Gasteiger partial charge is 0.134 e. The highest BCUT2D eigenvalue weighted by Crippen LogP contribution is 2.23. The number of aliphatic hydroxyl groups excluding tert-OH is 1. The molecular weight excluding hydrogens is 272 g/mol. The predicted molar refractivity (Wildman–Crippen MR) is 83.3 cm³/mol. The summed E-state index contributed by atoms with van der Waals surface area (Å²) in [7, 11) is 1.85. The first-order valence-corrected chi connectivity index (χ1v) is 7.66. The SMILES string of the molecule is CCCc1c(NC)ncnc1NCC(O)c1ccsc1. The van der Waals surface area contributed by atoms with E-state index in [1.165, 1.54) is 6.33 Å². The van der Waals surface area contributed by atoms with Gasteiger partial charge in [-0.3, -0.25) is 0 Å². The van der Waals surface area contributed by atoms with Gasteiger partial charge in [-0.05, 0) is 28.8 Å². The van der Waals surface area contributed by atoms with E-state index in [2.05, 4.69) is 27.5 Å². The lowest BCUT2D eigenvalue weighted by atomic mass is 10.1. The van der Waals surface area contributed by atoms with Crippen molar-refractivity contribution < 1.29 is 5.11 Å². The summed E-state index contributed by atoms with van der Waals surface area (Å²) in [4.78, 5) is 8.52. The Labute approximate surface area is 123 Å². The van der Waals surface area contributed by atoms with Gasteiger partial charge >= 0.3 is 0 Å². The van der Waals surface area contributed by atoms with Crippen LogP contribution >= 0.6 is 11.3 Å². The van der Waals surface area contributed by atoms with Gasteiger partial charge < -0.3 is 15.7 Å². The zero-order valence-electron chi connectivity index (χ0n) is 11.8. The van der Waals surface area contributed by atoms with Gasteiger partial charge in [-0.15, -0.1) is 0 Å². The molecule has 2 aromatic rings. The van der Waals surface area contributed by atoms with E-state index in [0.717, 1.165) is 35.6 Å². The van der Waals surface area contributed by atoms with Crippen LogP contribution in [0.1, 0.15) is 30.6 Å². The molecule has 2 aromatic heterocycles. The third-order valence-corrected chi connectivity index (χ3v) is 3.77. The Bertz CT molecular complexity index is 530. The summed E-state index contributed by atoms with van der Waals surface area (Å²) in [6.07, 6.45) is 2.92. The second-order valence-electron chi connectivity index (χ2n) is 4.50. The molecule has 0 bridgehead atoms. The Kier molecular flexibility index (Phi) is 5.31. The van der Waals surface area contributed by atoms with Crippen LogP contribution in [0.15, 0.2) is 23.2 Å². The van der Waals surface area contributed by atoms with Crippen LogP contribution in [-0.4, -0.2) is 28.7 Å². The van der Waals surface area contributed by atoms with Crippen molar-refractivity contribution in [2.75, 3.05) is 24.2 Å². The first-order chi connectivity index (χ1) is 9.76. The molecule has 0 saturated carbocycles. The van der Waals surface area contributed by atoms with E-state index >= 15 is 0 Å². The van der Waals surface area contributed by atoms with Gasteiger partial charge in [0.25, 0.3) is 0 Å². The Hall–Kier alpha value is -1.66. The van der Waals surface area contributed by atoms with Gasteiger partial charge in [0.05, 0.1) is 6.10 Å². The highest BCUT2D eigenvalue weighted by Gasteiger charge is 2.12. The Balaban J connectivity index is 2.08. The van der Waals surface area contributed by atoms with Crippen LogP contribution in [0.2, 0.25) is 0 Å². The van der Waals surface area contributed by atoms with Crippen molar-refractivity contribution in [1.82, 2.24) is 9.97 Å². The van der Waals surface area contributed by atoms with Crippen LogP contribution in [-0.2, 0) is 6.42 Å². The number of thiophene rings is 1. The van der Waals surface area contributed by atoms with Crippen molar-refractivity contribution in [3.8, 4) is 0 Å². The van der Waals surface area contributed by atoms with Gasteiger partial charge in [0.15, 0.2) is 0 Å². The normalized spacial score (nSPS) is 12.2. The average Bonchev–Trinajstić information content (AvgIpc) is 3.00. The standard InChI is InChI=1S/C14H20N4OS/c1-3-4-11-13(15-2)17-9-18-14(11)16-7-12(19)10-5-6-20-8-10/h5-6,8-9,12,19H,3-4,7H2,1-2H3,(H2,15,16,17,18). The monoisotopic (exact) mass is 292 g/mol. The Morgan fingerprint density at radius 3 is 2.80 bits per heavy atom. The second-order valence-corrected chi connectivity index (χ2v) is 5.28. The molecule has 0 aromatic carbocycles. The molecule has 0 spiro atoms. The van der Waals surface area contributed by atoms with Crippen molar-refractivity contribution in [3.63, 3.8) is 0 Å². The van der Waals surface area contributed by atoms with Gasteiger partial charge in [-0.1, -0.05) is 13.3 Å². The summed E-state index contributed by atoms with van der Waals surface area (Å²) in [5.41, 5.74) is 2.00. The van der Waals surface area contributed by atoms with E-state index in [1.807, 2.05) is 23.9 Å². The molecule has 2 rings (SSSR count). The molecule has 5 nitrogen and oxygen atoms in total. The fourth-order valence-electron chi connectivity index (χ4n) is 2.04. The maximum atomic E-state index is 10.1. The first kappa shape index (κ1) is 14.7. The molecule has 0 aliphatic rings. The number of aromatic nitrogens is 2. The summed E-state index contributed by atoms with van der Waals surface area (Å²) in [5.74, 6) is 1.63. The molecule has 0 amide bonds. The molecule has 0 fully saturated rings. The summed E-state index contributed by atoms with van der Waals surface area (Å²) in [5, 5.41) is 20.3. The van der Waals surface area contributed by atoms with Crippen molar-refractivity contribution in [3.05, 3.63) is 34.3 Å². The predicted octanol–water partition coefficient (Wildman–Crippen LogP) is 2.68. The van der Waals surface area contributed by atoms with Crippen LogP contribution in [0.3, 0.4) is 0 Å². The zero-order valence-corrected chi connectivity index (χ0v) is 12.6. The molecule has 2 heterocycles. The lowest BCUT2D eigenvalue weighted by Crippen LogP contribution is -2.15. The number of hydrogen-bond acceptors (Lipinski definition) is 6. The maximum absolute atomic E-state index is 10.1. The van der Waals surface area contributed by atoms with Gasteiger partial charge in [0.1, 0.15) is 18.0 Å². The molecule has 1 unspecified atom stereocenters. The van der Waals surface area contributed by atoms with E-state index < -0.39 is 6.10 Å². The Morgan fingerprint density at radius 1 is 1.35 bits per heavy atom. The molecule has 108 valence electrons. The van der Waals surface area contributed by atoms with E-state index in [9.17, 15) is 5.11 Å². The number of nitrogens with one attached hydrogen (secondary N) is 2. The molecule has 20 heavy (non-hydrogen) atoms. The summed E-state index contributed by atoms with van der Waals surface area (Å²) in [6.45, 7) is 2.56. The first-order valence-electron chi connectivity index (χ1n) is 6.72. The minimum Gasteiger partial charge on any atom is -0.387 e. The summed E-state index contributed by atoms with van der Waals surface area (Å²) in [6, 6.07) is 1.93. The van der Waals surface area contributed by atoms with Crippen molar-refractivity contribution in [2.24, 2.45) is 0 Å². The van der Waals surface area contributed by atoms with Crippen molar-refractivity contribution in [2.45, 2.75) is 25.9 Å². The number of rotatable bonds is 7. The van der Waals surface area contributed by atoms with Crippen molar-refractivity contribution in [1.29, 1.82) is 0 Å². The number of nitrogens with zero attached hydrogens (tertiary/aromatic N) is 2. The lowest BCUT2D eigenvalue weighted by Gasteiger charge is -2.15. The maximum Gasteiger partial charge on any atom is 0.134 e. The molecule has 3 N–H and O–H groups in total. The summed E-state index contributed by atoms with van der Waals surface area (Å²) >= 11 is 1.58. The van der Waals surface area contributed by atoms with E-state index in [0.29, 0.717) is 6.54 Å². The Morgan fingerprint density at radius 2 is 2.15 bits per heavy atom. The highest BCUT2D eigenvalue weighted by atomic mass is 32.1. The molecule has 6 heteroatoms. The van der Waals surface area contributed by atoms with Crippen LogP contribution in [0, 0.1) is 0 Å². The summed E-state index contributed by atoms with van der Waals surface area (Å²) < 4.78 is 0. The molecule has 0 aliphatic carbocycles. The fraction of sp³-hybridized carbons (Fsp3) is 0.429. The number of anilines is 2. The molecule has 0 aliphatic heterocycles. The molecule has 0 saturated heterocycles. The third kappa shape index (κ3) is 3.46. The fourth-order valence-corrected chi connectivity index (χ4v) is 2.75. The average molecular weight is 292 g/mol. The van der Waals surface area contributed by atoms with Crippen LogP contribution < -0.4 is 10.6 Å².